The number of hydrogen-bond donors (Lipinski definition) is 1. The third-order valence-corrected chi connectivity index (χ3v) is 4.73. The van der Waals surface area contributed by atoms with E-state index in [4.69, 9.17) is 0 Å². The van der Waals surface area contributed by atoms with Gasteiger partial charge in [-0.2, -0.15) is 0 Å². The summed E-state index contributed by atoms with van der Waals surface area (Å²) < 4.78 is 0. The maximum absolute atomic E-state index is 12.3. The van der Waals surface area contributed by atoms with Gasteiger partial charge >= 0.3 is 5.97 Å². The first-order valence-electron chi connectivity index (χ1n) is 6.73. The second kappa shape index (κ2) is 5.33. The van der Waals surface area contributed by atoms with Gasteiger partial charge in [0.2, 0.25) is 5.91 Å². The Morgan fingerprint density at radius 2 is 2.00 bits per heavy atom. The zero-order chi connectivity index (χ0) is 15.0. The number of aliphatic carboxylic acids is 1. The zero-order valence-electron chi connectivity index (χ0n) is 11.5. The maximum Gasteiger partial charge on any atom is 0.309 e. The van der Waals surface area contributed by atoms with E-state index in [1.165, 1.54) is 11.3 Å². The van der Waals surface area contributed by atoms with Crippen LogP contribution in [-0.2, 0) is 9.59 Å². The van der Waals surface area contributed by atoms with Gasteiger partial charge in [-0.15, -0.1) is 11.3 Å². The van der Waals surface area contributed by atoms with E-state index >= 15 is 0 Å². The van der Waals surface area contributed by atoms with Crippen LogP contribution in [0.15, 0.2) is 41.8 Å². The molecule has 0 spiro atoms. The van der Waals surface area contributed by atoms with Crippen LogP contribution in [0.4, 0.5) is 5.69 Å². The number of carbonyl (C=O) groups excluding carboxylic acids is 1. The number of hydrogen-bond acceptors (Lipinski definition) is 3. The molecular formula is C16H15NO3S. The molecule has 1 aliphatic heterocycles. The number of carboxylic acid groups (broad SMARTS) is 1. The third kappa shape index (κ3) is 2.45. The van der Waals surface area contributed by atoms with Gasteiger partial charge in [-0.05, 0) is 30.5 Å². The Balaban J connectivity index is 2.06. The van der Waals surface area contributed by atoms with Crippen molar-refractivity contribution in [3.05, 3.63) is 52.2 Å². The summed E-state index contributed by atoms with van der Waals surface area (Å²) in [5.41, 5.74) is 1.86. The summed E-state index contributed by atoms with van der Waals surface area (Å²) in [6.45, 7) is 1.98. The van der Waals surface area contributed by atoms with Gasteiger partial charge in [-0.3, -0.25) is 9.59 Å². The monoisotopic (exact) mass is 301 g/mol. The number of amides is 1. The molecule has 2 aromatic rings. The first-order valence-corrected chi connectivity index (χ1v) is 7.61. The molecule has 1 saturated heterocycles. The Bertz CT molecular complexity index is 663. The largest absolute Gasteiger partial charge is 0.481 e. The fourth-order valence-electron chi connectivity index (χ4n) is 2.75. The van der Waals surface area contributed by atoms with Gasteiger partial charge in [-0.25, -0.2) is 0 Å². The van der Waals surface area contributed by atoms with Crippen LogP contribution in [0, 0.1) is 12.8 Å². The van der Waals surface area contributed by atoms with E-state index in [1.54, 1.807) is 4.90 Å². The molecule has 1 aliphatic rings. The van der Waals surface area contributed by atoms with Crippen molar-refractivity contribution >= 4 is 28.9 Å². The molecule has 0 unspecified atom stereocenters. The lowest BCUT2D eigenvalue weighted by Crippen LogP contribution is -2.29. The molecule has 1 aromatic carbocycles. The molecule has 1 N–H and O–H groups in total. The van der Waals surface area contributed by atoms with Crippen LogP contribution in [0.2, 0.25) is 0 Å². The van der Waals surface area contributed by atoms with E-state index in [0.717, 1.165) is 16.1 Å². The number of aryl methyl sites for hydroxylation is 1. The number of rotatable bonds is 3. The predicted octanol–water partition coefficient (Wildman–Crippen LogP) is 3.24. The molecule has 0 aliphatic carbocycles. The number of nitrogens with zero attached hydrogens (tertiary/aromatic N) is 1. The van der Waals surface area contributed by atoms with Crippen molar-refractivity contribution in [2.75, 3.05) is 4.90 Å². The Morgan fingerprint density at radius 3 is 2.57 bits per heavy atom. The van der Waals surface area contributed by atoms with Crippen molar-refractivity contribution in [3.63, 3.8) is 0 Å². The fraction of sp³-hybridized carbons (Fsp3) is 0.250. The van der Waals surface area contributed by atoms with Gasteiger partial charge < -0.3 is 10.0 Å². The number of thiophene rings is 1. The van der Waals surface area contributed by atoms with E-state index in [9.17, 15) is 14.7 Å². The van der Waals surface area contributed by atoms with Gasteiger partial charge in [-0.1, -0.05) is 23.8 Å². The first kappa shape index (κ1) is 13.8. The second-order valence-corrected chi connectivity index (χ2v) is 6.19. The minimum absolute atomic E-state index is 0.0474. The highest BCUT2D eigenvalue weighted by atomic mass is 32.1. The molecule has 0 bridgehead atoms. The molecule has 0 radical (unpaired) electrons. The van der Waals surface area contributed by atoms with Crippen molar-refractivity contribution < 1.29 is 14.7 Å². The molecule has 2 atom stereocenters. The lowest BCUT2D eigenvalue weighted by Gasteiger charge is -2.26. The summed E-state index contributed by atoms with van der Waals surface area (Å²) in [5.74, 6) is -1.75. The number of anilines is 1. The molecule has 3 rings (SSSR count). The van der Waals surface area contributed by atoms with Crippen molar-refractivity contribution in [1.82, 2.24) is 0 Å². The summed E-state index contributed by atoms with van der Waals surface area (Å²) >= 11 is 1.49. The molecule has 1 fully saturated rings. The highest BCUT2D eigenvalue weighted by Crippen LogP contribution is 2.42. The van der Waals surface area contributed by atoms with E-state index in [1.807, 2.05) is 48.7 Å². The van der Waals surface area contributed by atoms with Crippen molar-refractivity contribution in [3.8, 4) is 0 Å². The summed E-state index contributed by atoms with van der Waals surface area (Å²) in [4.78, 5) is 26.4. The molecule has 0 saturated carbocycles. The molecule has 1 aromatic heterocycles. The normalized spacial score (nSPS) is 21.8. The van der Waals surface area contributed by atoms with Gasteiger partial charge in [0.05, 0.1) is 12.0 Å². The van der Waals surface area contributed by atoms with Gasteiger partial charge in [0.1, 0.15) is 0 Å². The standard InChI is InChI=1S/C16H15NO3S/c1-10-4-6-11(7-5-10)17-14(18)9-12(16(19)20)15(17)13-3-2-8-21-13/h2-8,12,15H,9H2,1H3,(H,19,20)/t12-,15+/m1/s1. The van der Waals surface area contributed by atoms with Gasteiger partial charge in [0.15, 0.2) is 0 Å². The van der Waals surface area contributed by atoms with Crippen molar-refractivity contribution in [1.29, 1.82) is 0 Å². The van der Waals surface area contributed by atoms with Crippen LogP contribution in [0.1, 0.15) is 22.9 Å². The van der Waals surface area contributed by atoms with Crippen LogP contribution >= 0.6 is 11.3 Å². The van der Waals surface area contributed by atoms with Crippen molar-refractivity contribution in [2.45, 2.75) is 19.4 Å². The molecule has 5 heteroatoms. The minimum Gasteiger partial charge on any atom is -0.481 e. The molecular weight excluding hydrogens is 286 g/mol. The molecule has 21 heavy (non-hydrogen) atoms. The van der Waals surface area contributed by atoms with E-state index in [0.29, 0.717) is 0 Å². The average Bonchev–Trinajstić information content (AvgIpc) is 3.07. The van der Waals surface area contributed by atoms with Gasteiger partial charge in [0, 0.05) is 17.0 Å². The average molecular weight is 301 g/mol. The number of carbonyl (C=O) groups is 2. The SMILES string of the molecule is Cc1ccc(N2C(=O)C[C@@H](C(=O)O)[C@H]2c2cccs2)cc1. The fourth-order valence-corrected chi connectivity index (χ4v) is 3.63. The predicted molar refractivity (Wildman–Crippen MR) is 81.5 cm³/mol. The molecule has 4 nitrogen and oxygen atoms in total. The Kier molecular flexibility index (Phi) is 3.51. The summed E-state index contributed by atoms with van der Waals surface area (Å²) in [7, 11) is 0. The van der Waals surface area contributed by atoms with Gasteiger partial charge in [0.25, 0.3) is 0 Å². The zero-order valence-corrected chi connectivity index (χ0v) is 12.3. The Hall–Kier alpha value is -2.14. The summed E-state index contributed by atoms with van der Waals surface area (Å²) in [5, 5.41) is 11.3. The number of carboxylic acids is 1. The van der Waals surface area contributed by atoms with E-state index < -0.39 is 17.9 Å². The van der Waals surface area contributed by atoms with Crippen LogP contribution in [0.3, 0.4) is 0 Å². The summed E-state index contributed by atoms with van der Waals surface area (Å²) in [6, 6.07) is 11.0. The van der Waals surface area contributed by atoms with Crippen LogP contribution in [-0.4, -0.2) is 17.0 Å². The smallest absolute Gasteiger partial charge is 0.309 e. The molecule has 1 amide bonds. The van der Waals surface area contributed by atoms with E-state index in [2.05, 4.69) is 0 Å². The topological polar surface area (TPSA) is 57.6 Å². The first-order chi connectivity index (χ1) is 10.1. The highest BCUT2D eigenvalue weighted by molar-refractivity contribution is 7.10. The second-order valence-electron chi connectivity index (χ2n) is 5.21. The Labute approximate surface area is 126 Å². The third-order valence-electron chi connectivity index (χ3n) is 3.79. The molecule has 108 valence electrons. The van der Waals surface area contributed by atoms with Crippen LogP contribution in [0.25, 0.3) is 0 Å². The number of benzene rings is 1. The summed E-state index contributed by atoms with van der Waals surface area (Å²) in [6.07, 6.45) is 0.0474. The lowest BCUT2D eigenvalue weighted by atomic mass is 9.99. The van der Waals surface area contributed by atoms with E-state index in [-0.39, 0.29) is 12.3 Å². The molecule has 2 heterocycles. The van der Waals surface area contributed by atoms with Crippen molar-refractivity contribution in [2.24, 2.45) is 5.92 Å². The van der Waals surface area contributed by atoms with Crippen LogP contribution < -0.4 is 4.90 Å². The quantitative estimate of drug-likeness (QED) is 0.947. The Morgan fingerprint density at radius 1 is 1.29 bits per heavy atom. The maximum atomic E-state index is 12.3. The minimum atomic E-state index is -0.920. The van der Waals surface area contributed by atoms with Crippen LogP contribution in [0.5, 0.6) is 0 Å². The highest BCUT2D eigenvalue weighted by Gasteiger charge is 2.45. The lowest BCUT2D eigenvalue weighted by molar-refractivity contribution is -0.142.